The Morgan fingerprint density at radius 2 is 2.04 bits per heavy atom. The van der Waals surface area contributed by atoms with Gasteiger partial charge in [0.05, 0.1) is 39.0 Å². The standard InChI is InChI=1S/C36H37ClF3N9O3S/c1-19-26-22(4-5-25(39)30(26)53-31(19)41)27-24(37)12-23-29(28(27)40)43-33(52-17-35-6-3-8-47(35)14-21(38)13-35)44-32(23)46-9-7-36(15-46)16-51-11-10-48(36)34(50)49-18-42-20(2)45-49/h4-5,12,18,21H,3,6-11,13-17,41H2,1-2H3/t21-,35?,36?/m1/s1. The van der Waals surface area contributed by atoms with E-state index >= 15 is 4.39 Å². The van der Waals surface area contributed by atoms with E-state index in [4.69, 9.17) is 31.8 Å². The monoisotopic (exact) mass is 767 g/mol. The van der Waals surface area contributed by atoms with Gasteiger partial charge in [0, 0.05) is 48.9 Å². The molecule has 1 amide bonds. The SMILES string of the molecule is Cc1ncn(C(=O)N2CCOCC23CCN(c2nc(OCC45CCCN4C[C@H](F)C5)nc4c(F)c(-c5ccc(F)c6sc(N)c(C)c56)c(Cl)cc24)C3)n1. The maximum atomic E-state index is 17.2. The molecular formula is C36H37ClF3N9O3S. The molecule has 278 valence electrons. The van der Waals surface area contributed by atoms with Crippen LogP contribution in [0.4, 0.5) is 28.8 Å². The van der Waals surface area contributed by atoms with E-state index < -0.39 is 28.9 Å². The van der Waals surface area contributed by atoms with E-state index in [1.165, 1.54) is 23.1 Å². The second-order valence-electron chi connectivity index (χ2n) is 14.6. The minimum absolute atomic E-state index is 0.0369. The van der Waals surface area contributed by atoms with E-state index in [0.29, 0.717) is 88.9 Å². The molecular weight excluding hydrogens is 731 g/mol. The van der Waals surface area contributed by atoms with E-state index in [9.17, 15) is 13.6 Å². The maximum absolute atomic E-state index is 17.2. The summed E-state index contributed by atoms with van der Waals surface area (Å²) in [4.78, 5) is 33.2. The smallest absolute Gasteiger partial charge is 0.346 e. The number of fused-ring (bicyclic) bond motifs is 3. The fourth-order valence-electron chi connectivity index (χ4n) is 8.88. The van der Waals surface area contributed by atoms with Crippen molar-refractivity contribution >= 4 is 60.8 Å². The molecule has 3 aromatic heterocycles. The van der Waals surface area contributed by atoms with Crippen molar-refractivity contribution in [1.29, 1.82) is 0 Å². The first-order valence-electron chi connectivity index (χ1n) is 17.7. The van der Waals surface area contributed by atoms with Crippen LogP contribution in [0.15, 0.2) is 24.5 Å². The molecule has 2 unspecified atom stereocenters. The second kappa shape index (κ2) is 12.7. The first-order valence-corrected chi connectivity index (χ1v) is 18.9. The number of aryl methyl sites for hydroxylation is 2. The van der Waals surface area contributed by atoms with Gasteiger partial charge in [-0.15, -0.1) is 16.4 Å². The van der Waals surface area contributed by atoms with Crippen LogP contribution in [0.3, 0.4) is 0 Å². The molecule has 2 aromatic carbocycles. The van der Waals surface area contributed by atoms with Gasteiger partial charge in [-0.25, -0.2) is 22.9 Å². The highest BCUT2D eigenvalue weighted by Gasteiger charge is 2.50. The first kappa shape index (κ1) is 34.5. The highest BCUT2D eigenvalue weighted by Crippen LogP contribution is 2.47. The van der Waals surface area contributed by atoms with Gasteiger partial charge in [0.2, 0.25) is 0 Å². The number of carbonyl (C=O) groups excluding carboxylic acids is 1. The van der Waals surface area contributed by atoms with Crippen LogP contribution in [0.5, 0.6) is 6.01 Å². The Balaban J connectivity index is 1.16. The van der Waals surface area contributed by atoms with Crippen LogP contribution in [-0.4, -0.2) is 110 Å². The van der Waals surface area contributed by atoms with Gasteiger partial charge in [0.1, 0.15) is 42.1 Å². The largest absolute Gasteiger partial charge is 0.461 e. The number of aromatic nitrogens is 5. The molecule has 4 fully saturated rings. The van der Waals surface area contributed by atoms with E-state index in [-0.39, 0.29) is 41.4 Å². The van der Waals surface area contributed by atoms with Gasteiger partial charge in [-0.3, -0.25) is 4.90 Å². The number of halogens is 4. The number of nitrogens with zero attached hydrogens (tertiary/aromatic N) is 8. The van der Waals surface area contributed by atoms with Crippen molar-refractivity contribution in [3.8, 4) is 17.1 Å². The molecule has 7 heterocycles. The lowest BCUT2D eigenvalue weighted by molar-refractivity contribution is -0.0354. The van der Waals surface area contributed by atoms with Crippen LogP contribution in [-0.2, 0) is 4.74 Å². The number of nitrogens with two attached hydrogens (primary N) is 1. The lowest BCUT2D eigenvalue weighted by Crippen LogP contribution is -2.61. The topological polar surface area (TPSA) is 128 Å². The number of benzene rings is 2. The van der Waals surface area contributed by atoms with Crippen molar-refractivity contribution in [1.82, 2.24) is 34.5 Å². The summed E-state index contributed by atoms with van der Waals surface area (Å²) in [6.45, 7) is 6.51. The molecule has 3 atom stereocenters. The average Bonchev–Trinajstić information content (AvgIpc) is 3.96. The summed E-state index contributed by atoms with van der Waals surface area (Å²) in [5.41, 5.74) is 6.01. The molecule has 4 aliphatic heterocycles. The third-order valence-electron chi connectivity index (χ3n) is 11.5. The Morgan fingerprint density at radius 3 is 2.85 bits per heavy atom. The molecule has 0 saturated carbocycles. The summed E-state index contributed by atoms with van der Waals surface area (Å²) in [6, 6.07) is 4.03. The van der Waals surface area contributed by atoms with E-state index in [2.05, 4.69) is 20.0 Å². The summed E-state index contributed by atoms with van der Waals surface area (Å²) < 4.78 is 60.7. The summed E-state index contributed by atoms with van der Waals surface area (Å²) in [7, 11) is 0. The van der Waals surface area contributed by atoms with Gasteiger partial charge in [-0.2, -0.15) is 14.6 Å². The van der Waals surface area contributed by atoms with Crippen LogP contribution in [0.1, 0.15) is 37.1 Å². The first-order chi connectivity index (χ1) is 25.5. The zero-order chi connectivity index (χ0) is 36.8. The Hall–Kier alpha value is -4.25. The number of rotatable bonds is 5. The van der Waals surface area contributed by atoms with Crippen molar-refractivity contribution in [2.45, 2.75) is 56.8 Å². The van der Waals surface area contributed by atoms with Gasteiger partial charge in [0.25, 0.3) is 0 Å². The Morgan fingerprint density at radius 1 is 1.19 bits per heavy atom. The average molecular weight is 768 g/mol. The highest BCUT2D eigenvalue weighted by molar-refractivity contribution is 7.23. The van der Waals surface area contributed by atoms with Gasteiger partial charge in [0.15, 0.2) is 5.82 Å². The normalized spacial score (nSPS) is 24.7. The molecule has 17 heteroatoms. The second-order valence-corrected chi connectivity index (χ2v) is 16.1. The number of carbonyl (C=O) groups is 1. The molecule has 1 spiro atoms. The van der Waals surface area contributed by atoms with E-state index in [1.54, 1.807) is 24.8 Å². The molecule has 5 aromatic rings. The Labute approximate surface area is 311 Å². The van der Waals surface area contributed by atoms with Crippen molar-refractivity contribution < 1.29 is 27.4 Å². The predicted octanol–water partition coefficient (Wildman–Crippen LogP) is 6.14. The van der Waals surface area contributed by atoms with E-state index in [1.807, 2.05) is 4.90 Å². The van der Waals surface area contributed by atoms with Crippen molar-refractivity contribution in [2.24, 2.45) is 0 Å². The quantitative estimate of drug-likeness (QED) is 0.223. The molecule has 0 aliphatic carbocycles. The number of nitrogen functional groups attached to an aromatic ring is 1. The number of ether oxygens (including phenoxy) is 2. The fourth-order valence-corrected chi connectivity index (χ4v) is 10.2. The van der Waals surface area contributed by atoms with Gasteiger partial charge >= 0.3 is 12.0 Å². The summed E-state index contributed by atoms with van der Waals surface area (Å²) in [5, 5.41) is 5.57. The zero-order valence-corrected chi connectivity index (χ0v) is 30.7. The molecule has 0 radical (unpaired) electrons. The minimum atomic E-state index is -0.957. The predicted molar refractivity (Wildman–Crippen MR) is 196 cm³/mol. The van der Waals surface area contributed by atoms with Crippen molar-refractivity contribution in [2.75, 3.05) is 63.2 Å². The zero-order valence-electron chi connectivity index (χ0n) is 29.2. The molecule has 9 rings (SSSR count). The lowest BCUT2D eigenvalue weighted by atomic mass is 9.95. The molecule has 4 aliphatic rings. The summed E-state index contributed by atoms with van der Waals surface area (Å²) >= 11 is 8.06. The maximum Gasteiger partial charge on any atom is 0.346 e. The van der Waals surface area contributed by atoms with Crippen LogP contribution in [0.2, 0.25) is 5.02 Å². The number of morpholine rings is 1. The third kappa shape index (κ3) is 5.50. The highest BCUT2D eigenvalue weighted by atomic mass is 35.5. The van der Waals surface area contributed by atoms with Crippen LogP contribution in [0.25, 0.3) is 32.1 Å². The summed E-state index contributed by atoms with van der Waals surface area (Å²) in [5.74, 6) is -0.336. The third-order valence-corrected chi connectivity index (χ3v) is 12.9. The number of hydrogen-bond acceptors (Lipinski definition) is 11. The van der Waals surface area contributed by atoms with Crippen molar-refractivity contribution in [3.63, 3.8) is 0 Å². The van der Waals surface area contributed by atoms with Crippen LogP contribution in [0, 0.1) is 25.5 Å². The Bertz CT molecular complexity index is 2310. The van der Waals surface area contributed by atoms with Crippen LogP contribution < -0.4 is 15.4 Å². The molecule has 53 heavy (non-hydrogen) atoms. The van der Waals surface area contributed by atoms with Gasteiger partial charge in [-0.05, 0) is 62.9 Å². The minimum Gasteiger partial charge on any atom is -0.461 e. The number of amides is 1. The molecule has 4 saturated heterocycles. The number of hydrogen-bond donors (Lipinski definition) is 1. The molecule has 0 bridgehead atoms. The van der Waals surface area contributed by atoms with E-state index in [0.717, 1.165) is 30.7 Å². The lowest BCUT2D eigenvalue weighted by Gasteiger charge is -2.43. The Kier molecular flexibility index (Phi) is 8.25. The van der Waals surface area contributed by atoms with Gasteiger partial charge < -0.3 is 25.0 Å². The summed E-state index contributed by atoms with van der Waals surface area (Å²) in [6.07, 6.45) is 3.02. The number of anilines is 2. The van der Waals surface area contributed by atoms with Gasteiger partial charge in [-0.1, -0.05) is 17.7 Å². The molecule has 2 N–H and O–H groups in total. The number of alkyl halides is 1. The van der Waals surface area contributed by atoms with Crippen molar-refractivity contribution in [3.05, 3.63) is 52.6 Å². The fraction of sp³-hybridized carbons (Fsp3) is 0.472. The number of thiophene rings is 1. The van der Waals surface area contributed by atoms with Crippen LogP contribution >= 0.6 is 22.9 Å². The molecule has 12 nitrogen and oxygen atoms in total.